The second-order valence-electron chi connectivity index (χ2n) is 6.67. The van der Waals surface area contributed by atoms with E-state index < -0.39 is 23.4 Å². The predicted octanol–water partition coefficient (Wildman–Crippen LogP) is 2.14. The quantitative estimate of drug-likeness (QED) is 0.839. The van der Waals surface area contributed by atoms with Crippen molar-refractivity contribution in [2.75, 3.05) is 7.11 Å². The first-order valence-corrected chi connectivity index (χ1v) is 8.31. The van der Waals surface area contributed by atoms with Gasteiger partial charge in [-0.15, -0.1) is 0 Å². The van der Waals surface area contributed by atoms with Crippen molar-refractivity contribution in [1.82, 2.24) is 5.32 Å². The molecule has 0 unspecified atom stereocenters. The molecule has 136 valence electrons. The minimum Gasteiger partial charge on any atom is -0.467 e. The van der Waals surface area contributed by atoms with E-state index in [1.807, 2.05) is 44.2 Å². The monoisotopic (exact) mass is 349 g/mol. The summed E-state index contributed by atoms with van der Waals surface area (Å²) in [6.07, 6.45) is -0.423. The minimum absolute atomic E-state index is 0.0688. The third-order valence-corrected chi connectivity index (χ3v) is 4.73. The van der Waals surface area contributed by atoms with E-state index >= 15 is 0 Å². The van der Waals surface area contributed by atoms with Gasteiger partial charge in [0.25, 0.3) is 0 Å². The Morgan fingerprint density at radius 2 is 1.76 bits per heavy atom. The van der Waals surface area contributed by atoms with E-state index in [1.54, 1.807) is 0 Å². The van der Waals surface area contributed by atoms with Gasteiger partial charge in [-0.1, -0.05) is 30.3 Å². The molecule has 25 heavy (non-hydrogen) atoms. The first kappa shape index (κ1) is 17.7. The molecule has 1 aliphatic carbocycles. The average molecular weight is 349 g/mol. The van der Waals surface area contributed by atoms with Crippen molar-refractivity contribution < 1.29 is 28.5 Å². The molecular formula is C18H23NO6. The topological polar surface area (TPSA) is 83.1 Å². The van der Waals surface area contributed by atoms with Gasteiger partial charge in [0.2, 0.25) is 0 Å². The summed E-state index contributed by atoms with van der Waals surface area (Å²) in [7, 11) is 1.29. The molecule has 0 bridgehead atoms. The first-order chi connectivity index (χ1) is 11.9. The smallest absolute Gasteiger partial charge is 0.408 e. The Morgan fingerprint density at radius 1 is 1.16 bits per heavy atom. The van der Waals surface area contributed by atoms with E-state index in [-0.39, 0.29) is 31.7 Å². The van der Waals surface area contributed by atoms with Crippen LogP contribution in [0.2, 0.25) is 0 Å². The largest absolute Gasteiger partial charge is 0.467 e. The van der Waals surface area contributed by atoms with Gasteiger partial charge >= 0.3 is 12.1 Å². The fraction of sp³-hybridized carbons (Fsp3) is 0.556. The Morgan fingerprint density at radius 3 is 2.32 bits per heavy atom. The fourth-order valence-corrected chi connectivity index (χ4v) is 3.37. The SMILES string of the molecule is COC(=O)C1(NC(=O)OCc2ccccc2)CC2(C1)O[C@H](C)[C@@H](C)O2. The van der Waals surface area contributed by atoms with Crippen LogP contribution < -0.4 is 5.32 Å². The Bertz CT molecular complexity index is 628. The number of hydrogen-bond donors (Lipinski definition) is 1. The molecule has 7 heteroatoms. The summed E-state index contributed by atoms with van der Waals surface area (Å²) in [6.45, 7) is 3.95. The van der Waals surface area contributed by atoms with E-state index in [4.69, 9.17) is 18.9 Å². The Labute approximate surface area is 146 Å². The number of carbonyl (C=O) groups is 2. The normalized spacial score (nSPS) is 25.9. The number of alkyl carbamates (subject to hydrolysis) is 1. The highest BCUT2D eigenvalue weighted by atomic mass is 16.8. The molecule has 1 heterocycles. The molecule has 2 atom stereocenters. The maximum absolute atomic E-state index is 12.2. The molecule has 1 amide bonds. The van der Waals surface area contributed by atoms with Crippen LogP contribution in [0.3, 0.4) is 0 Å². The van der Waals surface area contributed by atoms with Gasteiger partial charge in [-0.2, -0.15) is 0 Å². The number of ether oxygens (including phenoxy) is 4. The van der Waals surface area contributed by atoms with E-state index in [9.17, 15) is 9.59 Å². The zero-order valence-electron chi connectivity index (χ0n) is 14.6. The highest BCUT2D eigenvalue weighted by molar-refractivity contribution is 5.87. The molecule has 1 aromatic carbocycles. The molecule has 1 saturated carbocycles. The van der Waals surface area contributed by atoms with Gasteiger partial charge in [0.1, 0.15) is 6.61 Å². The number of methoxy groups -OCH3 is 1. The van der Waals surface area contributed by atoms with Crippen molar-refractivity contribution in [3.8, 4) is 0 Å². The van der Waals surface area contributed by atoms with Crippen molar-refractivity contribution in [3.63, 3.8) is 0 Å². The third kappa shape index (κ3) is 3.48. The molecule has 1 aliphatic heterocycles. The number of rotatable bonds is 4. The number of amides is 1. The Hall–Kier alpha value is -2.12. The molecule has 3 rings (SSSR count). The van der Waals surface area contributed by atoms with Crippen LogP contribution in [0.4, 0.5) is 4.79 Å². The molecule has 2 aliphatic rings. The van der Waals surface area contributed by atoms with Crippen molar-refractivity contribution in [3.05, 3.63) is 35.9 Å². The van der Waals surface area contributed by atoms with Crippen molar-refractivity contribution >= 4 is 12.1 Å². The number of carbonyl (C=O) groups excluding carboxylic acids is 2. The van der Waals surface area contributed by atoms with Gasteiger partial charge in [-0.25, -0.2) is 9.59 Å². The zero-order valence-corrected chi connectivity index (χ0v) is 14.6. The minimum atomic E-state index is -1.19. The van der Waals surface area contributed by atoms with Crippen molar-refractivity contribution in [2.24, 2.45) is 0 Å². The number of hydrogen-bond acceptors (Lipinski definition) is 6. The molecule has 0 radical (unpaired) electrons. The van der Waals surface area contributed by atoms with Gasteiger partial charge in [-0.05, 0) is 19.4 Å². The van der Waals surface area contributed by atoms with Gasteiger partial charge < -0.3 is 24.3 Å². The summed E-state index contributed by atoms with van der Waals surface area (Å²) in [5, 5.41) is 2.64. The van der Waals surface area contributed by atoms with Gasteiger partial charge in [-0.3, -0.25) is 0 Å². The molecule has 1 aromatic rings. The molecule has 1 saturated heterocycles. The maximum atomic E-state index is 12.2. The summed E-state index contributed by atoms with van der Waals surface area (Å²) in [5.74, 6) is -1.38. The summed E-state index contributed by atoms with van der Waals surface area (Å²) >= 11 is 0. The van der Waals surface area contributed by atoms with Crippen LogP contribution in [0.15, 0.2) is 30.3 Å². The van der Waals surface area contributed by atoms with E-state index in [0.717, 1.165) is 5.56 Å². The van der Waals surface area contributed by atoms with E-state index in [1.165, 1.54) is 7.11 Å². The highest BCUT2D eigenvalue weighted by Crippen LogP contribution is 2.50. The second kappa shape index (κ2) is 6.65. The van der Waals surface area contributed by atoms with Crippen molar-refractivity contribution in [2.45, 2.75) is 56.8 Å². The summed E-state index contributed by atoms with van der Waals surface area (Å²) < 4.78 is 21.7. The lowest BCUT2D eigenvalue weighted by molar-refractivity contribution is -0.255. The van der Waals surface area contributed by atoms with Gasteiger partial charge in [0, 0.05) is 12.8 Å². The average Bonchev–Trinajstić information content (AvgIpc) is 2.87. The number of benzene rings is 1. The van der Waals surface area contributed by atoms with Crippen molar-refractivity contribution in [1.29, 1.82) is 0 Å². The summed E-state index contributed by atoms with van der Waals surface area (Å²) in [5.41, 5.74) is -0.327. The molecule has 0 aromatic heterocycles. The van der Waals surface area contributed by atoms with Crippen LogP contribution in [-0.4, -0.2) is 42.7 Å². The van der Waals surface area contributed by atoms with Crippen LogP contribution in [0.5, 0.6) is 0 Å². The molecule has 7 nitrogen and oxygen atoms in total. The van der Waals surface area contributed by atoms with E-state index in [2.05, 4.69) is 5.32 Å². The summed E-state index contributed by atoms with van der Waals surface area (Å²) in [6, 6.07) is 9.31. The maximum Gasteiger partial charge on any atom is 0.408 e. The van der Waals surface area contributed by atoms with E-state index in [0.29, 0.717) is 0 Å². The lowest BCUT2D eigenvalue weighted by Gasteiger charge is -2.50. The van der Waals surface area contributed by atoms with Crippen LogP contribution in [0.25, 0.3) is 0 Å². The first-order valence-electron chi connectivity index (χ1n) is 8.31. The Balaban J connectivity index is 1.61. The molecule has 1 N–H and O–H groups in total. The number of esters is 1. The predicted molar refractivity (Wildman–Crippen MR) is 87.6 cm³/mol. The second-order valence-corrected chi connectivity index (χ2v) is 6.67. The van der Waals surface area contributed by atoms with Crippen LogP contribution >= 0.6 is 0 Å². The highest BCUT2D eigenvalue weighted by Gasteiger charge is 2.66. The molecule has 2 fully saturated rings. The fourth-order valence-electron chi connectivity index (χ4n) is 3.37. The number of nitrogens with one attached hydrogen (secondary N) is 1. The van der Waals surface area contributed by atoms with Crippen LogP contribution in [0.1, 0.15) is 32.3 Å². The molecular weight excluding hydrogens is 326 g/mol. The third-order valence-electron chi connectivity index (χ3n) is 4.73. The lowest BCUT2D eigenvalue weighted by atomic mass is 9.71. The van der Waals surface area contributed by atoms with Gasteiger partial charge in [0.05, 0.1) is 19.3 Å². The van der Waals surface area contributed by atoms with Crippen LogP contribution in [0, 0.1) is 0 Å². The molecule has 1 spiro atoms. The van der Waals surface area contributed by atoms with Crippen LogP contribution in [-0.2, 0) is 30.3 Å². The standard InChI is InChI=1S/C18H23NO6/c1-12-13(2)25-18(24-12)10-17(11-18,15(20)22-3)19-16(21)23-9-14-7-5-4-6-8-14/h4-8,12-13H,9-11H2,1-3H3,(H,19,21)/t12-,13-/m1/s1. The zero-order chi connectivity index (χ0) is 18.1. The summed E-state index contributed by atoms with van der Waals surface area (Å²) in [4.78, 5) is 24.4. The van der Waals surface area contributed by atoms with Gasteiger partial charge in [0.15, 0.2) is 11.3 Å². The lowest BCUT2D eigenvalue weighted by Crippen LogP contribution is -2.70. The Kier molecular flexibility index (Phi) is 4.71.